The van der Waals surface area contributed by atoms with Gasteiger partial charge in [-0.2, -0.15) is 0 Å². The van der Waals surface area contributed by atoms with Gasteiger partial charge in [-0.3, -0.25) is 0 Å². The van der Waals surface area contributed by atoms with Gasteiger partial charge in [0.1, 0.15) is 0 Å². The van der Waals surface area contributed by atoms with Crippen LogP contribution >= 0.6 is 0 Å². The van der Waals surface area contributed by atoms with Gasteiger partial charge in [0.2, 0.25) is 10.0 Å². The number of sulfonamides is 1. The van der Waals surface area contributed by atoms with Crippen molar-refractivity contribution in [3.05, 3.63) is 0 Å². The van der Waals surface area contributed by atoms with Gasteiger partial charge in [0, 0.05) is 19.7 Å². The van der Waals surface area contributed by atoms with Crippen LogP contribution in [0.5, 0.6) is 0 Å². The average Bonchev–Trinajstić information content (AvgIpc) is 2.39. The van der Waals surface area contributed by atoms with Gasteiger partial charge >= 0.3 is 0 Å². The number of ether oxygens (including phenoxy) is 1. The molecule has 0 saturated carbocycles. The fourth-order valence-electron chi connectivity index (χ4n) is 2.70. The molecular formula is C12H24N2O3S. The highest BCUT2D eigenvalue weighted by atomic mass is 32.2. The van der Waals surface area contributed by atoms with Crippen LogP contribution in [-0.4, -0.2) is 50.8 Å². The molecule has 6 heteroatoms. The monoisotopic (exact) mass is 276 g/mol. The third kappa shape index (κ3) is 3.66. The van der Waals surface area contributed by atoms with Gasteiger partial charge < -0.3 is 10.5 Å². The average molecular weight is 276 g/mol. The summed E-state index contributed by atoms with van der Waals surface area (Å²) in [5, 5.41) is 0. The Morgan fingerprint density at radius 2 is 1.89 bits per heavy atom. The lowest BCUT2D eigenvalue weighted by molar-refractivity contribution is 0.0297. The molecule has 0 aromatic heterocycles. The molecule has 0 aliphatic carbocycles. The first-order valence-electron chi connectivity index (χ1n) is 6.91. The normalized spacial score (nSPS) is 28.4. The van der Waals surface area contributed by atoms with Crippen LogP contribution in [0, 0.1) is 5.92 Å². The van der Waals surface area contributed by atoms with E-state index in [9.17, 15) is 8.42 Å². The quantitative estimate of drug-likeness (QED) is 0.814. The molecule has 5 nitrogen and oxygen atoms in total. The molecule has 2 fully saturated rings. The largest absolute Gasteiger partial charge is 0.377 e. The maximum Gasteiger partial charge on any atom is 0.216 e. The lowest BCUT2D eigenvalue weighted by Crippen LogP contribution is -2.43. The maximum absolute atomic E-state index is 12.3. The van der Waals surface area contributed by atoms with Crippen molar-refractivity contribution >= 4 is 10.0 Å². The molecule has 1 unspecified atom stereocenters. The Bertz CT molecular complexity index is 344. The van der Waals surface area contributed by atoms with Crippen LogP contribution in [-0.2, 0) is 14.8 Å². The third-order valence-electron chi connectivity index (χ3n) is 3.97. The van der Waals surface area contributed by atoms with E-state index < -0.39 is 10.0 Å². The van der Waals surface area contributed by atoms with Crippen molar-refractivity contribution in [1.82, 2.24) is 4.31 Å². The van der Waals surface area contributed by atoms with Gasteiger partial charge in [0.05, 0.1) is 11.9 Å². The molecule has 106 valence electrons. The molecule has 0 spiro atoms. The highest BCUT2D eigenvalue weighted by Gasteiger charge is 2.30. The van der Waals surface area contributed by atoms with E-state index >= 15 is 0 Å². The predicted octanol–water partition coefficient (Wildman–Crippen LogP) is 0.556. The lowest BCUT2D eigenvalue weighted by atomic mass is 9.99. The summed E-state index contributed by atoms with van der Waals surface area (Å²) in [6, 6.07) is 0. The van der Waals surface area contributed by atoms with Gasteiger partial charge in [0.15, 0.2) is 0 Å². The Labute approximate surface area is 110 Å². The van der Waals surface area contributed by atoms with Crippen molar-refractivity contribution in [1.29, 1.82) is 0 Å². The summed E-state index contributed by atoms with van der Waals surface area (Å²) in [4.78, 5) is 0. The van der Waals surface area contributed by atoms with Crippen molar-refractivity contribution in [2.75, 3.05) is 32.0 Å². The number of rotatable bonds is 4. The highest BCUT2D eigenvalue weighted by Crippen LogP contribution is 2.21. The molecule has 2 N–H and O–H groups in total. The van der Waals surface area contributed by atoms with E-state index in [2.05, 4.69) is 0 Å². The van der Waals surface area contributed by atoms with Gasteiger partial charge in [-0.05, 0) is 44.6 Å². The van der Waals surface area contributed by atoms with Crippen LogP contribution in [0.1, 0.15) is 32.1 Å². The third-order valence-corrected chi connectivity index (χ3v) is 5.92. The first kappa shape index (κ1) is 14.2. The molecule has 0 radical (unpaired) electrons. The Kier molecular flexibility index (Phi) is 5.00. The Balaban J connectivity index is 1.86. The summed E-state index contributed by atoms with van der Waals surface area (Å²) >= 11 is 0. The van der Waals surface area contributed by atoms with Gasteiger partial charge in [-0.15, -0.1) is 0 Å². The molecule has 0 bridgehead atoms. The Morgan fingerprint density at radius 1 is 1.17 bits per heavy atom. The van der Waals surface area contributed by atoms with Crippen LogP contribution in [0.25, 0.3) is 0 Å². The van der Waals surface area contributed by atoms with E-state index in [1.165, 1.54) is 0 Å². The molecule has 2 saturated heterocycles. The molecule has 0 amide bonds. The molecule has 2 aliphatic rings. The first-order chi connectivity index (χ1) is 8.62. The van der Waals surface area contributed by atoms with E-state index in [-0.39, 0.29) is 11.9 Å². The van der Waals surface area contributed by atoms with Crippen LogP contribution in [0.15, 0.2) is 0 Å². The summed E-state index contributed by atoms with van der Waals surface area (Å²) in [6.45, 7) is 2.61. The summed E-state index contributed by atoms with van der Waals surface area (Å²) in [7, 11) is -3.15. The maximum atomic E-state index is 12.3. The number of piperidine rings is 1. The smallest absolute Gasteiger partial charge is 0.216 e. The van der Waals surface area contributed by atoms with Gasteiger partial charge in [-0.1, -0.05) is 0 Å². The molecular weight excluding hydrogens is 252 g/mol. The molecule has 0 aromatic rings. The fraction of sp³-hybridized carbons (Fsp3) is 1.00. The van der Waals surface area contributed by atoms with Crippen molar-refractivity contribution < 1.29 is 13.2 Å². The highest BCUT2D eigenvalue weighted by molar-refractivity contribution is 7.89. The zero-order valence-corrected chi connectivity index (χ0v) is 11.7. The molecule has 18 heavy (non-hydrogen) atoms. The van der Waals surface area contributed by atoms with Gasteiger partial charge in [-0.25, -0.2) is 12.7 Å². The summed E-state index contributed by atoms with van der Waals surface area (Å²) in [5.41, 5.74) is 5.62. The number of nitrogens with two attached hydrogens (primary N) is 1. The Hall–Kier alpha value is -0.170. The zero-order valence-electron chi connectivity index (χ0n) is 10.9. The van der Waals surface area contributed by atoms with Crippen LogP contribution in [0.3, 0.4) is 0 Å². The standard InChI is InChI=1S/C12H24N2O3S/c13-9-11-4-6-14(7-5-11)18(15,16)10-12-3-1-2-8-17-12/h11-12H,1-10,13H2. The SMILES string of the molecule is NCC1CCN(S(=O)(=O)CC2CCCCO2)CC1. The van der Waals surface area contributed by atoms with E-state index in [1.54, 1.807) is 4.31 Å². The van der Waals surface area contributed by atoms with E-state index in [0.717, 1.165) is 32.1 Å². The minimum Gasteiger partial charge on any atom is -0.377 e. The summed E-state index contributed by atoms with van der Waals surface area (Å²) in [5.74, 6) is 0.641. The fourth-order valence-corrected chi connectivity index (χ4v) is 4.41. The second-order valence-electron chi connectivity index (χ2n) is 5.35. The van der Waals surface area contributed by atoms with Crippen molar-refractivity contribution in [2.24, 2.45) is 11.7 Å². The predicted molar refractivity (Wildman–Crippen MR) is 70.7 cm³/mol. The number of nitrogens with zero attached hydrogens (tertiary/aromatic N) is 1. The van der Waals surface area contributed by atoms with Gasteiger partial charge in [0.25, 0.3) is 0 Å². The summed E-state index contributed by atoms with van der Waals surface area (Å²) < 4.78 is 31.7. The molecule has 2 rings (SSSR count). The zero-order chi connectivity index (χ0) is 13.0. The van der Waals surface area contributed by atoms with Crippen LogP contribution < -0.4 is 5.73 Å². The van der Waals surface area contributed by atoms with E-state index in [4.69, 9.17) is 10.5 Å². The van der Waals surface area contributed by atoms with Crippen molar-refractivity contribution in [3.63, 3.8) is 0 Å². The summed E-state index contributed by atoms with van der Waals surface area (Å²) in [6.07, 6.45) is 4.69. The molecule has 2 aliphatic heterocycles. The van der Waals surface area contributed by atoms with Crippen molar-refractivity contribution in [3.8, 4) is 0 Å². The van der Waals surface area contributed by atoms with E-state index in [1.807, 2.05) is 0 Å². The van der Waals surface area contributed by atoms with Crippen molar-refractivity contribution in [2.45, 2.75) is 38.2 Å². The number of hydrogen-bond acceptors (Lipinski definition) is 4. The minimum atomic E-state index is -3.15. The molecule has 0 aromatic carbocycles. The number of hydrogen-bond donors (Lipinski definition) is 1. The molecule has 2 heterocycles. The van der Waals surface area contributed by atoms with Crippen LogP contribution in [0.4, 0.5) is 0 Å². The molecule has 1 atom stereocenters. The topological polar surface area (TPSA) is 72.6 Å². The second-order valence-corrected chi connectivity index (χ2v) is 7.36. The first-order valence-corrected chi connectivity index (χ1v) is 8.52. The Morgan fingerprint density at radius 3 is 2.44 bits per heavy atom. The second kappa shape index (κ2) is 6.32. The lowest BCUT2D eigenvalue weighted by Gasteiger charge is -2.32. The van der Waals surface area contributed by atoms with Crippen LogP contribution in [0.2, 0.25) is 0 Å². The van der Waals surface area contributed by atoms with E-state index in [0.29, 0.717) is 32.2 Å². The minimum absolute atomic E-state index is 0.101.